The van der Waals surface area contributed by atoms with Crippen molar-refractivity contribution in [1.82, 2.24) is 15.3 Å². The summed E-state index contributed by atoms with van der Waals surface area (Å²) >= 11 is 0. The lowest BCUT2D eigenvalue weighted by Gasteiger charge is -2.13. The molecule has 1 aromatic heterocycles. The van der Waals surface area contributed by atoms with Crippen molar-refractivity contribution in [2.24, 2.45) is 0 Å². The van der Waals surface area contributed by atoms with Gasteiger partial charge in [0.25, 0.3) is 0 Å². The highest BCUT2D eigenvalue weighted by atomic mass is 16.5. The first-order valence-corrected chi connectivity index (χ1v) is 5.94. The molecule has 0 aliphatic rings. The van der Waals surface area contributed by atoms with Crippen LogP contribution in [0.15, 0.2) is 12.4 Å². The predicted octanol–water partition coefficient (Wildman–Crippen LogP) is 2.07. The average Bonchev–Trinajstić information content (AvgIpc) is 2.34. The van der Waals surface area contributed by atoms with Crippen molar-refractivity contribution < 1.29 is 4.74 Å². The van der Waals surface area contributed by atoms with Crippen LogP contribution < -0.4 is 5.32 Å². The van der Waals surface area contributed by atoms with Crippen LogP contribution in [0.4, 0.5) is 0 Å². The minimum Gasteiger partial charge on any atom is -0.371 e. The Morgan fingerprint density at radius 3 is 2.44 bits per heavy atom. The summed E-state index contributed by atoms with van der Waals surface area (Å²) < 4.78 is 5.56. The normalized spacial score (nSPS) is 12.7. The van der Waals surface area contributed by atoms with Gasteiger partial charge in [-0.1, -0.05) is 13.8 Å². The minimum atomic E-state index is 0.0261. The Labute approximate surface area is 97.5 Å². The number of nitrogens with one attached hydrogen (secondary N) is 1. The smallest absolute Gasteiger partial charge is 0.157 e. The Balaban J connectivity index is 2.61. The molecule has 0 aromatic carbocycles. The summed E-state index contributed by atoms with van der Waals surface area (Å²) in [4.78, 5) is 8.69. The fourth-order valence-electron chi connectivity index (χ4n) is 1.47. The van der Waals surface area contributed by atoms with Crippen molar-refractivity contribution in [3.8, 4) is 0 Å². The second kappa shape index (κ2) is 7.30. The maximum atomic E-state index is 5.56. The minimum absolute atomic E-state index is 0.0261. The molecule has 1 unspecified atom stereocenters. The van der Waals surface area contributed by atoms with Gasteiger partial charge >= 0.3 is 0 Å². The zero-order valence-corrected chi connectivity index (χ0v) is 10.4. The lowest BCUT2D eigenvalue weighted by molar-refractivity contribution is 0.0534. The van der Waals surface area contributed by atoms with Crippen molar-refractivity contribution in [1.29, 1.82) is 0 Å². The van der Waals surface area contributed by atoms with E-state index in [1.807, 2.05) is 19.3 Å². The molecule has 0 bridgehead atoms. The van der Waals surface area contributed by atoms with E-state index in [1.54, 1.807) is 0 Å². The van der Waals surface area contributed by atoms with Crippen LogP contribution in [0.1, 0.15) is 44.7 Å². The molecule has 1 N–H and O–H groups in total. The van der Waals surface area contributed by atoms with Gasteiger partial charge in [0.2, 0.25) is 0 Å². The van der Waals surface area contributed by atoms with Crippen LogP contribution in [0.5, 0.6) is 0 Å². The van der Waals surface area contributed by atoms with Crippen molar-refractivity contribution in [2.45, 2.75) is 39.8 Å². The largest absolute Gasteiger partial charge is 0.371 e. The summed E-state index contributed by atoms with van der Waals surface area (Å²) in [6.07, 6.45) is 4.66. The summed E-state index contributed by atoms with van der Waals surface area (Å²) in [5.41, 5.74) is 1.11. The second-order valence-electron chi connectivity index (χ2n) is 3.58. The molecule has 0 aliphatic heterocycles. The summed E-state index contributed by atoms with van der Waals surface area (Å²) in [7, 11) is 0. The van der Waals surface area contributed by atoms with E-state index in [0.717, 1.165) is 30.9 Å². The van der Waals surface area contributed by atoms with Crippen LogP contribution >= 0.6 is 0 Å². The summed E-state index contributed by atoms with van der Waals surface area (Å²) in [6.45, 7) is 8.62. The molecule has 0 saturated carbocycles. The van der Waals surface area contributed by atoms with Gasteiger partial charge in [-0.25, -0.2) is 9.97 Å². The molecule has 0 spiro atoms. The van der Waals surface area contributed by atoms with Crippen LogP contribution in [0.25, 0.3) is 0 Å². The fourth-order valence-corrected chi connectivity index (χ4v) is 1.47. The zero-order valence-electron chi connectivity index (χ0n) is 10.4. The molecule has 1 aromatic rings. The highest BCUT2D eigenvalue weighted by Gasteiger charge is 2.11. The van der Waals surface area contributed by atoms with E-state index in [0.29, 0.717) is 6.61 Å². The monoisotopic (exact) mass is 223 g/mol. The molecule has 0 aliphatic carbocycles. The second-order valence-corrected chi connectivity index (χ2v) is 3.58. The molecular formula is C12H21N3O. The van der Waals surface area contributed by atoms with E-state index >= 15 is 0 Å². The van der Waals surface area contributed by atoms with Crippen LogP contribution in [0, 0.1) is 0 Å². The number of ether oxygens (including phenoxy) is 1. The molecule has 16 heavy (non-hydrogen) atoms. The zero-order chi connectivity index (χ0) is 11.8. The highest BCUT2D eigenvalue weighted by molar-refractivity contribution is 5.06. The predicted molar refractivity (Wildman–Crippen MR) is 64.1 cm³/mol. The highest BCUT2D eigenvalue weighted by Crippen LogP contribution is 2.16. The molecule has 1 atom stereocenters. The first kappa shape index (κ1) is 13.1. The van der Waals surface area contributed by atoms with Gasteiger partial charge in [-0.3, -0.25) is 0 Å². The number of hydrogen-bond acceptors (Lipinski definition) is 4. The third-order valence-corrected chi connectivity index (χ3v) is 2.33. The molecule has 0 radical (unpaired) electrons. The summed E-state index contributed by atoms with van der Waals surface area (Å²) in [5, 5.41) is 3.24. The molecule has 0 saturated heterocycles. The van der Waals surface area contributed by atoms with Gasteiger partial charge < -0.3 is 10.1 Å². The number of aromatic nitrogens is 2. The molecule has 1 heterocycles. The fraction of sp³-hybridized carbons (Fsp3) is 0.667. The quantitative estimate of drug-likeness (QED) is 0.768. The van der Waals surface area contributed by atoms with Gasteiger partial charge in [-0.2, -0.15) is 0 Å². The summed E-state index contributed by atoms with van der Waals surface area (Å²) in [6, 6.07) is 0. The van der Waals surface area contributed by atoms with E-state index in [9.17, 15) is 0 Å². The van der Waals surface area contributed by atoms with Gasteiger partial charge in [0, 0.05) is 31.1 Å². The topological polar surface area (TPSA) is 47.0 Å². The molecule has 0 fully saturated rings. The van der Waals surface area contributed by atoms with Gasteiger partial charge in [-0.15, -0.1) is 0 Å². The summed E-state index contributed by atoms with van der Waals surface area (Å²) in [5.74, 6) is 0.782. The van der Waals surface area contributed by atoms with Gasteiger partial charge in [0.05, 0.1) is 0 Å². The van der Waals surface area contributed by atoms with Gasteiger partial charge in [-0.05, 0) is 19.9 Å². The van der Waals surface area contributed by atoms with Crippen LogP contribution in [-0.4, -0.2) is 23.1 Å². The maximum Gasteiger partial charge on any atom is 0.157 e. The lowest BCUT2D eigenvalue weighted by atomic mass is 10.2. The Bertz CT molecular complexity index is 287. The Hall–Kier alpha value is -1.00. The van der Waals surface area contributed by atoms with Crippen LogP contribution in [-0.2, 0) is 11.3 Å². The van der Waals surface area contributed by atoms with E-state index in [4.69, 9.17) is 4.74 Å². The van der Waals surface area contributed by atoms with Gasteiger partial charge in [0.1, 0.15) is 6.10 Å². The number of hydrogen-bond donors (Lipinski definition) is 1. The van der Waals surface area contributed by atoms with Crippen molar-refractivity contribution in [3.05, 3.63) is 23.8 Å². The average molecular weight is 223 g/mol. The van der Waals surface area contributed by atoms with Crippen molar-refractivity contribution >= 4 is 0 Å². The van der Waals surface area contributed by atoms with Gasteiger partial charge in [0.15, 0.2) is 5.82 Å². The SMILES string of the molecule is CCNCc1cnc(C(CC)OCC)nc1. The first-order chi connectivity index (χ1) is 7.81. The van der Waals surface area contributed by atoms with E-state index in [1.165, 1.54) is 0 Å². The van der Waals surface area contributed by atoms with Crippen molar-refractivity contribution in [3.63, 3.8) is 0 Å². The van der Waals surface area contributed by atoms with E-state index in [-0.39, 0.29) is 6.10 Å². The van der Waals surface area contributed by atoms with E-state index in [2.05, 4.69) is 29.1 Å². The third-order valence-electron chi connectivity index (χ3n) is 2.33. The maximum absolute atomic E-state index is 5.56. The molecule has 1 rings (SSSR count). The lowest BCUT2D eigenvalue weighted by Crippen LogP contribution is -2.13. The number of nitrogens with zero attached hydrogens (tertiary/aromatic N) is 2. The van der Waals surface area contributed by atoms with E-state index < -0.39 is 0 Å². The van der Waals surface area contributed by atoms with Crippen LogP contribution in [0.3, 0.4) is 0 Å². The van der Waals surface area contributed by atoms with Crippen molar-refractivity contribution in [2.75, 3.05) is 13.2 Å². The number of rotatable bonds is 7. The first-order valence-electron chi connectivity index (χ1n) is 5.94. The Morgan fingerprint density at radius 1 is 1.25 bits per heavy atom. The Kier molecular flexibility index (Phi) is 5.96. The standard InChI is InChI=1S/C12H21N3O/c1-4-11(16-6-3)12-14-8-10(9-15-12)7-13-5-2/h8-9,11,13H,4-7H2,1-3H3. The molecule has 90 valence electrons. The third kappa shape index (κ3) is 3.87. The Morgan fingerprint density at radius 2 is 1.94 bits per heavy atom. The molecule has 0 amide bonds. The molecular weight excluding hydrogens is 202 g/mol. The van der Waals surface area contributed by atoms with Crippen LogP contribution in [0.2, 0.25) is 0 Å². The molecule has 4 heteroatoms. The molecule has 4 nitrogen and oxygen atoms in total.